The Balaban J connectivity index is 2.94. The highest BCUT2D eigenvalue weighted by molar-refractivity contribution is 5.54. The summed E-state index contributed by atoms with van der Waals surface area (Å²) in [6, 6.07) is 5.64. The van der Waals surface area contributed by atoms with Crippen LogP contribution in [-0.2, 0) is 0 Å². The molecule has 1 rings (SSSR count). The highest BCUT2D eigenvalue weighted by Gasteiger charge is 2.31. The van der Waals surface area contributed by atoms with Crippen LogP contribution in [0.5, 0.6) is 5.75 Å². The maximum absolute atomic E-state index is 11.8. The normalized spacial score (nSPS) is 11.0. The summed E-state index contributed by atoms with van der Waals surface area (Å²) in [7, 11) is 0. The Labute approximate surface area is 73.4 Å². The van der Waals surface area contributed by atoms with E-state index in [0.717, 1.165) is 6.08 Å². The lowest BCUT2D eigenvalue weighted by Crippen LogP contribution is -2.17. The molecule has 4 heteroatoms. The van der Waals surface area contributed by atoms with Crippen molar-refractivity contribution in [3.05, 3.63) is 36.4 Å². The number of benzene rings is 1. The summed E-state index contributed by atoms with van der Waals surface area (Å²) in [5.74, 6) is -0.294. The maximum Gasteiger partial charge on any atom is 0.573 e. The Morgan fingerprint density at radius 2 is 1.85 bits per heavy atom. The molecule has 0 bridgehead atoms. The highest BCUT2D eigenvalue weighted by Crippen LogP contribution is 2.26. The molecule has 1 radical (unpaired) electrons. The van der Waals surface area contributed by atoms with Gasteiger partial charge in [0.25, 0.3) is 0 Å². The Morgan fingerprint density at radius 3 is 2.38 bits per heavy atom. The van der Waals surface area contributed by atoms with Gasteiger partial charge in [0, 0.05) is 5.56 Å². The van der Waals surface area contributed by atoms with Crippen LogP contribution in [0.2, 0.25) is 0 Å². The molecule has 1 nitrogen and oxygen atoms in total. The fourth-order valence-electron chi connectivity index (χ4n) is 0.836. The average molecular weight is 187 g/mol. The molecule has 0 spiro atoms. The van der Waals surface area contributed by atoms with Gasteiger partial charge in [-0.1, -0.05) is 30.9 Å². The SMILES string of the molecule is [CH]=Cc1ccccc1OC(F)(F)F. The predicted octanol–water partition coefficient (Wildman–Crippen LogP) is 3.03. The van der Waals surface area contributed by atoms with Gasteiger partial charge in [0.15, 0.2) is 0 Å². The molecular formula is C9H6F3O. The summed E-state index contributed by atoms with van der Waals surface area (Å²) in [5, 5.41) is 0. The van der Waals surface area contributed by atoms with E-state index in [1.807, 2.05) is 0 Å². The predicted molar refractivity (Wildman–Crippen MR) is 41.9 cm³/mol. The molecule has 0 saturated heterocycles. The zero-order valence-electron chi connectivity index (χ0n) is 6.51. The van der Waals surface area contributed by atoms with E-state index < -0.39 is 6.36 Å². The van der Waals surface area contributed by atoms with Gasteiger partial charge in [-0.3, -0.25) is 0 Å². The van der Waals surface area contributed by atoms with Crippen LogP contribution in [0.4, 0.5) is 13.2 Å². The molecule has 0 aliphatic rings. The molecule has 13 heavy (non-hydrogen) atoms. The van der Waals surface area contributed by atoms with Gasteiger partial charge >= 0.3 is 6.36 Å². The zero-order chi connectivity index (χ0) is 9.90. The van der Waals surface area contributed by atoms with Crippen molar-refractivity contribution in [1.29, 1.82) is 0 Å². The molecule has 1 aromatic rings. The second kappa shape index (κ2) is 3.51. The van der Waals surface area contributed by atoms with Crippen LogP contribution in [0.3, 0.4) is 0 Å². The first-order chi connectivity index (χ1) is 6.03. The molecule has 0 unspecified atom stereocenters. The molecule has 0 aromatic heterocycles. The molecule has 0 aliphatic heterocycles. The van der Waals surface area contributed by atoms with Crippen molar-refractivity contribution < 1.29 is 17.9 Å². The molecule has 0 N–H and O–H groups in total. The Kier molecular flexibility index (Phi) is 2.60. The summed E-state index contributed by atoms with van der Waals surface area (Å²) in [4.78, 5) is 0. The molecule has 1 aromatic carbocycles. The van der Waals surface area contributed by atoms with E-state index in [2.05, 4.69) is 4.74 Å². The van der Waals surface area contributed by atoms with Crippen molar-refractivity contribution >= 4 is 6.08 Å². The van der Waals surface area contributed by atoms with E-state index in [0.29, 0.717) is 0 Å². The van der Waals surface area contributed by atoms with Gasteiger partial charge in [-0.25, -0.2) is 0 Å². The Hall–Kier alpha value is -1.45. The lowest BCUT2D eigenvalue weighted by molar-refractivity contribution is -0.274. The second-order valence-electron chi connectivity index (χ2n) is 2.25. The topological polar surface area (TPSA) is 9.23 Å². The van der Waals surface area contributed by atoms with Crippen LogP contribution in [0.15, 0.2) is 24.3 Å². The molecule has 0 fully saturated rings. The van der Waals surface area contributed by atoms with Crippen LogP contribution >= 0.6 is 0 Å². The van der Waals surface area contributed by atoms with Crippen molar-refractivity contribution in [3.8, 4) is 5.75 Å². The van der Waals surface area contributed by atoms with Crippen molar-refractivity contribution in [2.75, 3.05) is 0 Å². The lowest BCUT2D eigenvalue weighted by atomic mass is 10.2. The number of halogens is 3. The first kappa shape index (κ1) is 9.64. The summed E-state index contributed by atoms with van der Waals surface area (Å²) >= 11 is 0. The van der Waals surface area contributed by atoms with Gasteiger partial charge in [0.2, 0.25) is 0 Å². The number of alkyl halides is 3. The van der Waals surface area contributed by atoms with Crippen molar-refractivity contribution in [2.45, 2.75) is 6.36 Å². The van der Waals surface area contributed by atoms with Crippen molar-refractivity contribution in [3.63, 3.8) is 0 Å². The summed E-state index contributed by atoms with van der Waals surface area (Å²) < 4.78 is 39.1. The minimum absolute atomic E-state index is 0.208. The van der Waals surface area contributed by atoms with Crippen LogP contribution in [0, 0.1) is 6.58 Å². The molecule has 0 amide bonds. The average Bonchev–Trinajstić information content (AvgIpc) is 2.02. The summed E-state index contributed by atoms with van der Waals surface area (Å²) in [6.07, 6.45) is -3.62. The van der Waals surface area contributed by atoms with Crippen LogP contribution in [0.1, 0.15) is 5.56 Å². The van der Waals surface area contributed by atoms with Crippen LogP contribution in [0.25, 0.3) is 6.08 Å². The van der Waals surface area contributed by atoms with Gasteiger partial charge in [-0.2, -0.15) is 0 Å². The number of ether oxygens (including phenoxy) is 1. The quantitative estimate of drug-likeness (QED) is 0.691. The Bertz CT molecular complexity index is 304. The number of hydrogen-bond acceptors (Lipinski definition) is 1. The molecular weight excluding hydrogens is 181 g/mol. The van der Waals surface area contributed by atoms with Gasteiger partial charge in [-0.05, 0) is 6.07 Å². The first-order valence-corrected chi connectivity index (χ1v) is 3.42. The van der Waals surface area contributed by atoms with E-state index >= 15 is 0 Å². The minimum Gasteiger partial charge on any atom is -0.405 e. The monoisotopic (exact) mass is 187 g/mol. The van der Waals surface area contributed by atoms with E-state index in [1.54, 1.807) is 6.07 Å². The van der Waals surface area contributed by atoms with E-state index in [1.165, 1.54) is 18.2 Å². The van der Waals surface area contributed by atoms with Gasteiger partial charge in [0.05, 0.1) is 0 Å². The third-order valence-electron chi connectivity index (χ3n) is 1.32. The van der Waals surface area contributed by atoms with Crippen LogP contribution in [-0.4, -0.2) is 6.36 Å². The fourth-order valence-corrected chi connectivity index (χ4v) is 0.836. The van der Waals surface area contributed by atoms with E-state index in [4.69, 9.17) is 6.58 Å². The highest BCUT2D eigenvalue weighted by atomic mass is 19.4. The van der Waals surface area contributed by atoms with Crippen molar-refractivity contribution in [1.82, 2.24) is 0 Å². The largest absolute Gasteiger partial charge is 0.573 e. The van der Waals surface area contributed by atoms with Crippen molar-refractivity contribution in [2.24, 2.45) is 0 Å². The maximum atomic E-state index is 11.8. The second-order valence-corrected chi connectivity index (χ2v) is 2.25. The molecule has 0 heterocycles. The summed E-state index contributed by atoms with van der Waals surface area (Å²) in [6.45, 7) is 5.10. The smallest absolute Gasteiger partial charge is 0.405 e. The van der Waals surface area contributed by atoms with E-state index in [-0.39, 0.29) is 11.3 Å². The molecule has 0 atom stereocenters. The number of hydrogen-bond donors (Lipinski definition) is 0. The van der Waals surface area contributed by atoms with Gasteiger partial charge in [0.1, 0.15) is 5.75 Å². The fraction of sp³-hybridized carbons (Fsp3) is 0.111. The summed E-state index contributed by atoms with van der Waals surface area (Å²) in [5.41, 5.74) is 0.208. The van der Waals surface area contributed by atoms with E-state index in [9.17, 15) is 13.2 Å². The van der Waals surface area contributed by atoms with Crippen LogP contribution < -0.4 is 4.74 Å². The molecule has 0 saturated carbocycles. The number of para-hydroxylation sites is 1. The third-order valence-corrected chi connectivity index (χ3v) is 1.32. The lowest BCUT2D eigenvalue weighted by Gasteiger charge is -2.10. The standard InChI is InChI=1S/C9H6F3O/c1-2-7-5-3-4-6-8(7)13-9(10,11)12/h1-6H. The molecule has 69 valence electrons. The first-order valence-electron chi connectivity index (χ1n) is 3.42. The van der Waals surface area contributed by atoms with Gasteiger partial charge in [-0.15, -0.1) is 13.2 Å². The molecule has 0 aliphatic carbocycles. The third kappa shape index (κ3) is 2.82. The Morgan fingerprint density at radius 1 is 1.23 bits per heavy atom. The van der Waals surface area contributed by atoms with Gasteiger partial charge < -0.3 is 4.74 Å². The zero-order valence-corrected chi connectivity index (χ0v) is 6.51. The number of rotatable bonds is 2. The minimum atomic E-state index is -4.68.